The van der Waals surface area contributed by atoms with Crippen LogP contribution in [0.5, 0.6) is 0 Å². The molecule has 25 heavy (non-hydrogen) atoms. The second-order valence-corrected chi connectivity index (χ2v) is 7.19. The van der Waals surface area contributed by atoms with Crippen LogP contribution in [0.3, 0.4) is 0 Å². The molecule has 1 atom stereocenters. The third-order valence-electron chi connectivity index (χ3n) is 4.37. The van der Waals surface area contributed by atoms with Crippen molar-refractivity contribution in [3.05, 3.63) is 34.3 Å². The summed E-state index contributed by atoms with van der Waals surface area (Å²) in [4.78, 5) is 26.1. The summed E-state index contributed by atoms with van der Waals surface area (Å²) in [6, 6.07) is 7.45. The largest absolute Gasteiger partial charge is 0.375 e. The van der Waals surface area contributed by atoms with Crippen LogP contribution in [0, 0.1) is 0 Å². The standard InChI is InChI=1S/C17H24BrN3O3.ClH/c1-17(19,12-3-5-13(18)6-4-12)16(23)20-14-7-9-21(10-8-14)15(22)11-24-2;/h3-6,14H,7-11,19H2,1-2H3,(H,20,23);1H. The van der Waals surface area contributed by atoms with Crippen molar-refractivity contribution < 1.29 is 14.3 Å². The Kier molecular flexibility index (Phi) is 8.34. The number of carbonyl (C=O) groups is 2. The minimum absolute atomic E-state index is 0. The van der Waals surface area contributed by atoms with Gasteiger partial charge in [-0.3, -0.25) is 9.59 Å². The highest BCUT2D eigenvalue weighted by Crippen LogP contribution is 2.21. The van der Waals surface area contributed by atoms with Crippen molar-refractivity contribution in [3.8, 4) is 0 Å². The SMILES string of the molecule is COCC(=O)N1CCC(NC(=O)C(C)(N)c2ccc(Br)cc2)CC1.Cl. The maximum atomic E-state index is 12.6. The minimum Gasteiger partial charge on any atom is -0.375 e. The minimum atomic E-state index is -1.09. The topological polar surface area (TPSA) is 84.7 Å². The van der Waals surface area contributed by atoms with Crippen LogP contribution in [0.15, 0.2) is 28.7 Å². The lowest BCUT2D eigenvalue weighted by atomic mass is 9.91. The van der Waals surface area contributed by atoms with Gasteiger partial charge in [0, 0.05) is 30.7 Å². The number of ether oxygens (including phenoxy) is 1. The zero-order chi connectivity index (χ0) is 17.7. The van der Waals surface area contributed by atoms with E-state index in [1.807, 2.05) is 24.3 Å². The van der Waals surface area contributed by atoms with Gasteiger partial charge < -0.3 is 20.7 Å². The van der Waals surface area contributed by atoms with Crippen LogP contribution in [0.1, 0.15) is 25.3 Å². The van der Waals surface area contributed by atoms with Crippen LogP contribution in [0.2, 0.25) is 0 Å². The van der Waals surface area contributed by atoms with E-state index in [1.54, 1.807) is 11.8 Å². The molecule has 1 unspecified atom stereocenters. The number of piperidine rings is 1. The maximum absolute atomic E-state index is 12.6. The van der Waals surface area contributed by atoms with E-state index in [2.05, 4.69) is 21.2 Å². The van der Waals surface area contributed by atoms with E-state index >= 15 is 0 Å². The predicted octanol–water partition coefficient (Wildman–Crippen LogP) is 1.80. The lowest BCUT2D eigenvalue weighted by molar-refractivity contribution is -0.136. The van der Waals surface area contributed by atoms with Crippen LogP contribution in [-0.2, 0) is 19.9 Å². The third-order valence-corrected chi connectivity index (χ3v) is 4.89. The van der Waals surface area contributed by atoms with E-state index in [1.165, 1.54) is 7.11 Å². The second kappa shape index (κ2) is 9.52. The number of hydrogen-bond acceptors (Lipinski definition) is 4. The van der Waals surface area contributed by atoms with Gasteiger partial charge in [-0.1, -0.05) is 28.1 Å². The normalized spacial score (nSPS) is 17.4. The molecule has 2 rings (SSSR count). The van der Waals surface area contributed by atoms with Gasteiger partial charge in [0.1, 0.15) is 12.1 Å². The van der Waals surface area contributed by atoms with E-state index in [-0.39, 0.29) is 36.9 Å². The number of nitrogens with zero attached hydrogens (tertiary/aromatic N) is 1. The van der Waals surface area contributed by atoms with Crippen molar-refractivity contribution in [2.75, 3.05) is 26.8 Å². The average Bonchev–Trinajstić information content (AvgIpc) is 2.56. The van der Waals surface area contributed by atoms with Gasteiger partial charge in [-0.05, 0) is 37.5 Å². The van der Waals surface area contributed by atoms with Crippen LogP contribution < -0.4 is 11.1 Å². The highest BCUT2D eigenvalue weighted by atomic mass is 79.9. The smallest absolute Gasteiger partial charge is 0.248 e. The Morgan fingerprint density at radius 1 is 1.32 bits per heavy atom. The zero-order valence-electron chi connectivity index (χ0n) is 14.5. The summed E-state index contributed by atoms with van der Waals surface area (Å²) in [6.07, 6.45) is 1.44. The number of nitrogens with two attached hydrogens (primary N) is 1. The molecule has 0 spiro atoms. The van der Waals surface area contributed by atoms with Gasteiger partial charge in [0.05, 0.1) is 0 Å². The Labute approximate surface area is 163 Å². The summed E-state index contributed by atoms with van der Waals surface area (Å²) >= 11 is 3.37. The molecule has 6 nitrogen and oxygen atoms in total. The molecule has 1 aliphatic rings. The van der Waals surface area contributed by atoms with Gasteiger partial charge in [-0.15, -0.1) is 12.4 Å². The summed E-state index contributed by atoms with van der Waals surface area (Å²) in [7, 11) is 1.51. The first kappa shape index (κ1) is 21.9. The number of nitrogens with one attached hydrogen (secondary N) is 1. The van der Waals surface area contributed by atoms with E-state index in [9.17, 15) is 9.59 Å². The quantitative estimate of drug-likeness (QED) is 0.740. The van der Waals surface area contributed by atoms with Crippen LogP contribution in [0.4, 0.5) is 0 Å². The molecule has 0 saturated carbocycles. The molecule has 0 radical (unpaired) electrons. The molecule has 0 aromatic heterocycles. The molecule has 1 saturated heterocycles. The molecule has 3 N–H and O–H groups in total. The molecule has 1 heterocycles. The Morgan fingerprint density at radius 2 is 1.88 bits per heavy atom. The summed E-state index contributed by atoms with van der Waals surface area (Å²) in [5.74, 6) is -0.215. The molecular formula is C17H25BrClN3O3. The Bertz CT molecular complexity index is 587. The summed E-state index contributed by atoms with van der Waals surface area (Å²) in [5, 5.41) is 3.02. The fourth-order valence-corrected chi connectivity index (χ4v) is 3.01. The fourth-order valence-electron chi connectivity index (χ4n) is 2.75. The number of hydrogen-bond donors (Lipinski definition) is 2. The molecule has 140 valence electrons. The summed E-state index contributed by atoms with van der Waals surface area (Å²) in [6.45, 7) is 3.05. The number of benzene rings is 1. The van der Waals surface area contributed by atoms with Crippen molar-refractivity contribution in [2.24, 2.45) is 5.73 Å². The Balaban J connectivity index is 0.00000312. The lowest BCUT2D eigenvalue weighted by Crippen LogP contribution is -2.54. The van der Waals surface area contributed by atoms with E-state index in [0.29, 0.717) is 13.1 Å². The van der Waals surface area contributed by atoms with Gasteiger partial charge in [-0.2, -0.15) is 0 Å². The van der Waals surface area contributed by atoms with Gasteiger partial charge in [0.15, 0.2) is 0 Å². The molecule has 0 bridgehead atoms. The number of halogens is 2. The Morgan fingerprint density at radius 3 is 2.40 bits per heavy atom. The molecule has 1 aromatic carbocycles. The van der Waals surface area contributed by atoms with Crippen LogP contribution in [-0.4, -0.2) is 49.6 Å². The first-order chi connectivity index (χ1) is 11.3. The average molecular weight is 435 g/mol. The van der Waals surface area contributed by atoms with E-state index < -0.39 is 5.54 Å². The van der Waals surface area contributed by atoms with Crippen molar-refractivity contribution in [3.63, 3.8) is 0 Å². The number of rotatable bonds is 5. The monoisotopic (exact) mass is 433 g/mol. The van der Waals surface area contributed by atoms with Crippen LogP contribution >= 0.6 is 28.3 Å². The van der Waals surface area contributed by atoms with Gasteiger partial charge in [0.2, 0.25) is 11.8 Å². The molecule has 0 aliphatic carbocycles. The number of methoxy groups -OCH3 is 1. The van der Waals surface area contributed by atoms with Crippen molar-refractivity contribution in [1.82, 2.24) is 10.2 Å². The Hall–Kier alpha value is -1.15. The number of carbonyl (C=O) groups excluding carboxylic acids is 2. The fraction of sp³-hybridized carbons (Fsp3) is 0.529. The molecule has 1 aromatic rings. The summed E-state index contributed by atoms with van der Waals surface area (Å²) < 4.78 is 5.81. The first-order valence-electron chi connectivity index (χ1n) is 7.97. The highest BCUT2D eigenvalue weighted by molar-refractivity contribution is 9.10. The number of likely N-dealkylation sites (tertiary alicyclic amines) is 1. The number of amides is 2. The summed E-state index contributed by atoms with van der Waals surface area (Å²) in [5.41, 5.74) is 5.92. The molecule has 1 aliphatic heterocycles. The van der Waals surface area contributed by atoms with Gasteiger partial charge >= 0.3 is 0 Å². The van der Waals surface area contributed by atoms with Crippen molar-refractivity contribution in [2.45, 2.75) is 31.3 Å². The first-order valence-corrected chi connectivity index (χ1v) is 8.76. The maximum Gasteiger partial charge on any atom is 0.248 e. The third kappa shape index (κ3) is 5.67. The highest BCUT2D eigenvalue weighted by Gasteiger charge is 2.33. The zero-order valence-corrected chi connectivity index (χ0v) is 16.9. The predicted molar refractivity (Wildman–Crippen MR) is 103 cm³/mol. The van der Waals surface area contributed by atoms with Crippen molar-refractivity contribution >= 4 is 40.2 Å². The van der Waals surface area contributed by atoms with Crippen LogP contribution in [0.25, 0.3) is 0 Å². The lowest BCUT2D eigenvalue weighted by Gasteiger charge is -2.34. The van der Waals surface area contributed by atoms with Gasteiger partial charge in [0.25, 0.3) is 0 Å². The van der Waals surface area contributed by atoms with Gasteiger partial charge in [-0.25, -0.2) is 0 Å². The van der Waals surface area contributed by atoms with Crippen molar-refractivity contribution in [1.29, 1.82) is 0 Å². The molecule has 8 heteroatoms. The van der Waals surface area contributed by atoms with E-state index in [4.69, 9.17) is 10.5 Å². The molecule has 1 fully saturated rings. The molecule has 2 amide bonds. The second-order valence-electron chi connectivity index (χ2n) is 6.27. The van der Waals surface area contributed by atoms with E-state index in [0.717, 1.165) is 22.9 Å². The molecular weight excluding hydrogens is 410 g/mol.